The molecule has 1 N–H and O–H groups in total. The minimum atomic E-state index is -0.340. The predicted molar refractivity (Wildman–Crippen MR) is 93.8 cm³/mol. The molecule has 0 spiro atoms. The van der Waals surface area contributed by atoms with E-state index in [-0.39, 0.29) is 11.5 Å². The lowest BCUT2D eigenvalue weighted by Gasteiger charge is -2.09. The van der Waals surface area contributed by atoms with Crippen LogP contribution in [0.25, 0.3) is 10.9 Å². The molecule has 2 aromatic heterocycles. The first-order chi connectivity index (χ1) is 11.4. The lowest BCUT2D eigenvalue weighted by atomic mass is 10.1. The van der Waals surface area contributed by atoms with Crippen LogP contribution in [0.2, 0.25) is 0 Å². The van der Waals surface area contributed by atoms with Gasteiger partial charge in [-0.1, -0.05) is 12.1 Å². The molecule has 2 heterocycles. The molecule has 0 aliphatic carbocycles. The van der Waals surface area contributed by atoms with E-state index < -0.39 is 0 Å². The third-order valence-electron chi connectivity index (χ3n) is 4.08. The van der Waals surface area contributed by atoms with Crippen molar-refractivity contribution in [3.63, 3.8) is 0 Å². The minimum absolute atomic E-state index is 0.193. The number of benzene rings is 1. The molecular formula is C18H19N3O3. The average molecular weight is 325 g/mol. The number of carbonyl (C=O) groups is 1. The van der Waals surface area contributed by atoms with Gasteiger partial charge in [0.1, 0.15) is 5.75 Å². The van der Waals surface area contributed by atoms with Gasteiger partial charge in [-0.2, -0.15) is 0 Å². The number of hydrogen-bond donors (Lipinski definition) is 1. The number of nitrogens with zero attached hydrogens (tertiary/aromatic N) is 2. The van der Waals surface area contributed by atoms with Crippen LogP contribution in [0.15, 0.2) is 41.5 Å². The van der Waals surface area contributed by atoms with Crippen molar-refractivity contribution in [2.24, 2.45) is 14.1 Å². The van der Waals surface area contributed by atoms with Crippen LogP contribution in [0.5, 0.6) is 5.75 Å². The first-order valence-electron chi connectivity index (χ1n) is 7.53. The molecule has 124 valence electrons. The Hall–Kier alpha value is -3.02. The summed E-state index contributed by atoms with van der Waals surface area (Å²) in [5.74, 6) is 0.225. The largest absolute Gasteiger partial charge is 0.495 e. The second-order valence-electron chi connectivity index (χ2n) is 5.76. The highest BCUT2D eigenvalue weighted by atomic mass is 16.5. The number of aryl methyl sites for hydroxylation is 3. The molecule has 1 aromatic carbocycles. The first-order valence-corrected chi connectivity index (χ1v) is 7.53. The van der Waals surface area contributed by atoms with E-state index in [1.165, 1.54) is 4.57 Å². The molecule has 0 aliphatic heterocycles. The molecule has 0 saturated heterocycles. The van der Waals surface area contributed by atoms with Gasteiger partial charge >= 0.3 is 0 Å². The summed E-state index contributed by atoms with van der Waals surface area (Å²) in [4.78, 5) is 25.3. The van der Waals surface area contributed by atoms with Crippen LogP contribution in [0.1, 0.15) is 15.9 Å². The smallest absolute Gasteiger partial charge is 0.260 e. The summed E-state index contributed by atoms with van der Waals surface area (Å²) >= 11 is 0. The summed E-state index contributed by atoms with van der Waals surface area (Å²) in [7, 11) is 5.06. The van der Waals surface area contributed by atoms with Gasteiger partial charge in [0.05, 0.1) is 29.3 Å². The highest BCUT2D eigenvalue weighted by Crippen LogP contribution is 2.26. The van der Waals surface area contributed by atoms with Crippen molar-refractivity contribution in [1.29, 1.82) is 0 Å². The highest BCUT2D eigenvalue weighted by molar-refractivity contribution is 6.13. The third kappa shape index (κ3) is 2.46. The maximum atomic E-state index is 12.8. The van der Waals surface area contributed by atoms with Crippen molar-refractivity contribution in [3.8, 4) is 5.75 Å². The van der Waals surface area contributed by atoms with Crippen LogP contribution in [-0.4, -0.2) is 22.2 Å². The molecule has 6 heteroatoms. The maximum Gasteiger partial charge on any atom is 0.260 e. The number of methoxy groups -OCH3 is 1. The Morgan fingerprint density at radius 3 is 2.54 bits per heavy atom. The average Bonchev–Trinajstić information content (AvgIpc) is 2.91. The SMILES string of the molecule is COc1ccccc1NC(=O)c1cn(C)c2c(C)cn(C)c(=O)c12. The molecular weight excluding hydrogens is 306 g/mol. The van der Waals surface area contributed by atoms with Gasteiger partial charge in [-0.25, -0.2) is 0 Å². The Morgan fingerprint density at radius 1 is 1.12 bits per heavy atom. The number of anilines is 1. The fourth-order valence-electron chi connectivity index (χ4n) is 3.01. The van der Waals surface area contributed by atoms with E-state index in [9.17, 15) is 9.59 Å². The van der Waals surface area contributed by atoms with Gasteiger partial charge in [0, 0.05) is 26.5 Å². The fraction of sp³-hybridized carbons (Fsp3) is 0.222. The summed E-state index contributed by atoms with van der Waals surface area (Å²) in [6.07, 6.45) is 3.45. The number of ether oxygens (including phenoxy) is 1. The molecule has 0 bridgehead atoms. The molecule has 0 atom stereocenters. The van der Waals surface area contributed by atoms with Gasteiger partial charge in [-0.3, -0.25) is 9.59 Å². The standard InChI is InChI=1S/C18H19N3O3/c1-11-9-21(3)18(23)15-12(10-20(2)16(11)15)17(22)19-13-7-5-6-8-14(13)24-4/h5-10H,1-4H3,(H,19,22). The van der Waals surface area contributed by atoms with Gasteiger partial charge in [-0.05, 0) is 24.6 Å². The number of rotatable bonds is 3. The molecule has 0 aliphatic rings. The molecule has 0 unspecified atom stereocenters. The second-order valence-corrected chi connectivity index (χ2v) is 5.76. The van der Waals surface area contributed by atoms with Crippen LogP contribution >= 0.6 is 0 Å². The number of fused-ring (bicyclic) bond motifs is 1. The van der Waals surface area contributed by atoms with Crippen LogP contribution in [0, 0.1) is 6.92 Å². The van der Waals surface area contributed by atoms with Gasteiger partial charge in [0.2, 0.25) is 0 Å². The maximum absolute atomic E-state index is 12.8. The Balaban J connectivity index is 2.13. The number of pyridine rings is 1. The van der Waals surface area contributed by atoms with E-state index in [2.05, 4.69) is 5.32 Å². The Labute approximate surface area is 139 Å². The lowest BCUT2D eigenvalue weighted by Crippen LogP contribution is -2.20. The van der Waals surface area contributed by atoms with Crippen LogP contribution in [-0.2, 0) is 14.1 Å². The molecule has 1 amide bonds. The van der Waals surface area contributed by atoms with E-state index in [0.717, 1.165) is 11.1 Å². The zero-order valence-corrected chi connectivity index (χ0v) is 14.1. The number of nitrogens with one attached hydrogen (secondary N) is 1. The molecule has 3 rings (SSSR count). The molecule has 24 heavy (non-hydrogen) atoms. The quantitative estimate of drug-likeness (QED) is 0.804. The monoisotopic (exact) mass is 325 g/mol. The number of amides is 1. The van der Waals surface area contributed by atoms with Gasteiger partial charge < -0.3 is 19.2 Å². The summed E-state index contributed by atoms with van der Waals surface area (Å²) < 4.78 is 8.56. The lowest BCUT2D eigenvalue weighted by molar-refractivity contribution is 0.102. The zero-order chi connectivity index (χ0) is 17.4. The van der Waals surface area contributed by atoms with E-state index >= 15 is 0 Å². The number of carbonyl (C=O) groups excluding carboxylic acids is 1. The van der Waals surface area contributed by atoms with E-state index in [1.807, 2.05) is 30.7 Å². The summed E-state index contributed by atoms with van der Waals surface area (Å²) in [6, 6.07) is 7.16. The number of aromatic nitrogens is 2. The Kier molecular flexibility index (Phi) is 3.89. The Morgan fingerprint density at radius 2 is 1.83 bits per heavy atom. The Bertz CT molecular complexity index is 999. The molecule has 0 radical (unpaired) electrons. The summed E-state index contributed by atoms with van der Waals surface area (Å²) in [6.45, 7) is 1.92. The van der Waals surface area contributed by atoms with Crippen molar-refractivity contribution in [2.75, 3.05) is 12.4 Å². The predicted octanol–water partition coefficient (Wildman–Crippen LogP) is 2.45. The molecule has 0 saturated carbocycles. The van der Waals surface area contributed by atoms with Crippen LogP contribution < -0.4 is 15.6 Å². The number of hydrogen-bond acceptors (Lipinski definition) is 3. The van der Waals surface area contributed by atoms with E-state index in [1.54, 1.807) is 38.7 Å². The van der Waals surface area contributed by atoms with Crippen LogP contribution in [0.3, 0.4) is 0 Å². The second kappa shape index (κ2) is 5.88. The first kappa shape index (κ1) is 15.9. The van der Waals surface area contributed by atoms with Crippen molar-refractivity contribution in [2.45, 2.75) is 6.92 Å². The summed E-state index contributed by atoms with van der Waals surface area (Å²) in [5.41, 5.74) is 2.42. The van der Waals surface area contributed by atoms with E-state index in [0.29, 0.717) is 22.4 Å². The van der Waals surface area contributed by atoms with Crippen molar-refractivity contribution < 1.29 is 9.53 Å². The highest BCUT2D eigenvalue weighted by Gasteiger charge is 2.20. The summed E-state index contributed by atoms with van der Waals surface area (Å²) in [5, 5.41) is 3.25. The molecule has 3 aromatic rings. The molecule has 0 fully saturated rings. The topological polar surface area (TPSA) is 65.3 Å². The van der Waals surface area contributed by atoms with Crippen molar-refractivity contribution in [1.82, 2.24) is 9.13 Å². The van der Waals surface area contributed by atoms with E-state index in [4.69, 9.17) is 4.74 Å². The van der Waals surface area contributed by atoms with Gasteiger partial charge in [0.25, 0.3) is 11.5 Å². The number of para-hydroxylation sites is 2. The van der Waals surface area contributed by atoms with Crippen molar-refractivity contribution >= 4 is 22.5 Å². The minimum Gasteiger partial charge on any atom is -0.495 e. The fourth-order valence-corrected chi connectivity index (χ4v) is 3.01. The van der Waals surface area contributed by atoms with Crippen LogP contribution in [0.4, 0.5) is 5.69 Å². The van der Waals surface area contributed by atoms with Gasteiger partial charge in [0.15, 0.2) is 0 Å². The third-order valence-corrected chi connectivity index (χ3v) is 4.08. The van der Waals surface area contributed by atoms with Gasteiger partial charge in [-0.15, -0.1) is 0 Å². The molecule has 6 nitrogen and oxygen atoms in total. The van der Waals surface area contributed by atoms with Crippen molar-refractivity contribution in [3.05, 3.63) is 58.1 Å². The zero-order valence-electron chi connectivity index (χ0n) is 14.1. The normalized spacial score (nSPS) is 10.8.